The number of pyridine rings is 1. The second-order valence-corrected chi connectivity index (χ2v) is 4.48. The van der Waals surface area contributed by atoms with Crippen LogP contribution < -0.4 is 10.6 Å². The number of amides is 1. The highest BCUT2D eigenvalue weighted by Gasteiger charge is 2.20. The molecule has 0 saturated carbocycles. The third-order valence-electron chi connectivity index (χ3n) is 3.10. The first-order valence-corrected chi connectivity index (χ1v) is 6.13. The van der Waals surface area contributed by atoms with Crippen molar-refractivity contribution in [1.29, 1.82) is 0 Å². The average molecular weight is 255 g/mol. The molecule has 1 aromatic carbocycles. The summed E-state index contributed by atoms with van der Waals surface area (Å²) in [6.07, 6.45) is 1.67. The van der Waals surface area contributed by atoms with Crippen molar-refractivity contribution in [2.45, 2.75) is 12.8 Å². The highest BCUT2D eigenvalue weighted by Crippen LogP contribution is 2.21. The fourth-order valence-electron chi connectivity index (χ4n) is 1.93. The van der Waals surface area contributed by atoms with Crippen LogP contribution in [0.25, 0.3) is 0 Å². The van der Waals surface area contributed by atoms with E-state index in [-0.39, 0.29) is 11.8 Å². The number of likely N-dealkylation sites (N-methyl/N-ethyl adjacent to an activating group) is 1. The summed E-state index contributed by atoms with van der Waals surface area (Å²) in [7, 11) is 1.73. The minimum absolute atomic E-state index is 0.00991. The monoisotopic (exact) mass is 255 g/mol. The van der Waals surface area contributed by atoms with Crippen molar-refractivity contribution in [1.82, 2.24) is 4.98 Å². The molecule has 1 unspecified atom stereocenters. The van der Waals surface area contributed by atoms with Crippen LogP contribution in [0.4, 0.5) is 11.5 Å². The maximum Gasteiger partial charge on any atom is 0.235 e. The Labute approximate surface area is 112 Å². The van der Waals surface area contributed by atoms with Crippen LogP contribution in [-0.4, -0.2) is 17.9 Å². The highest BCUT2D eigenvalue weighted by molar-refractivity contribution is 5.96. The predicted molar refractivity (Wildman–Crippen MR) is 76.9 cm³/mol. The zero-order valence-electron chi connectivity index (χ0n) is 11.1. The van der Waals surface area contributed by atoms with Crippen molar-refractivity contribution in [3.05, 3.63) is 54.2 Å². The molecule has 2 aromatic rings. The SMILES string of the molecule is CC(C(=O)N(C)c1ccccn1)c1cccc(N)c1. The van der Waals surface area contributed by atoms with E-state index in [4.69, 9.17) is 5.73 Å². The molecule has 1 aromatic heterocycles. The van der Waals surface area contributed by atoms with Crippen LogP contribution in [0.3, 0.4) is 0 Å². The van der Waals surface area contributed by atoms with Crippen LogP contribution in [0.1, 0.15) is 18.4 Å². The third-order valence-corrected chi connectivity index (χ3v) is 3.10. The molecule has 1 atom stereocenters. The van der Waals surface area contributed by atoms with Crippen LogP contribution >= 0.6 is 0 Å². The molecule has 0 saturated heterocycles. The summed E-state index contributed by atoms with van der Waals surface area (Å²) in [5, 5.41) is 0. The van der Waals surface area contributed by atoms with E-state index in [1.807, 2.05) is 49.4 Å². The predicted octanol–water partition coefficient (Wildman–Crippen LogP) is 2.43. The van der Waals surface area contributed by atoms with Crippen LogP contribution in [-0.2, 0) is 4.79 Å². The molecule has 0 fully saturated rings. The summed E-state index contributed by atoms with van der Waals surface area (Å²) in [6, 6.07) is 12.9. The summed E-state index contributed by atoms with van der Waals surface area (Å²) >= 11 is 0. The van der Waals surface area contributed by atoms with Crippen molar-refractivity contribution in [2.24, 2.45) is 0 Å². The van der Waals surface area contributed by atoms with Gasteiger partial charge in [0.25, 0.3) is 0 Å². The Balaban J connectivity index is 2.20. The molecule has 2 N–H and O–H groups in total. The second-order valence-electron chi connectivity index (χ2n) is 4.48. The molecular weight excluding hydrogens is 238 g/mol. The molecule has 1 amide bonds. The largest absolute Gasteiger partial charge is 0.399 e. The van der Waals surface area contributed by atoms with E-state index in [9.17, 15) is 4.79 Å². The molecule has 2 rings (SSSR count). The quantitative estimate of drug-likeness (QED) is 0.857. The summed E-state index contributed by atoms with van der Waals surface area (Å²) in [6.45, 7) is 1.87. The lowest BCUT2D eigenvalue weighted by Crippen LogP contribution is -2.31. The summed E-state index contributed by atoms with van der Waals surface area (Å²) in [4.78, 5) is 18.1. The number of carbonyl (C=O) groups excluding carboxylic acids is 1. The molecule has 1 heterocycles. The van der Waals surface area contributed by atoms with Crippen molar-refractivity contribution in [2.75, 3.05) is 17.7 Å². The Morgan fingerprint density at radius 1 is 1.26 bits per heavy atom. The number of rotatable bonds is 3. The number of hydrogen-bond donors (Lipinski definition) is 1. The van der Waals surface area contributed by atoms with Crippen LogP contribution in [0.15, 0.2) is 48.7 Å². The lowest BCUT2D eigenvalue weighted by Gasteiger charge is -2.20. The van der Waals surface area contributed by atoms with Gasteiger partial charge in [0.2, 0.25) is 5.91 Å². The lowest BCUT2D eigenvalue weighted by molar-refractivity contribution is -0.119. The first kappa shape index (κ1) is 13.1. The van der Waals surface area contributed by atoms with Crippen molar-refractivity contribution >= 4 is 17.4 Å². The van der Waals surface area contributed by atoms with E-state index in [1.54, 1.807) is 18.1 Å². The van der Waals surface area contributed by atoms with Gasteiger partial charge in [0.15, 0.2) is 0 Å². The summed E-state index contributed by atoms with van der Waals surface area (Å²) in [5.41, 5.74) is 7.32. The topological polar surface area (TPSA) is 59.2 Å². The van der Waals surface area contributed by atoms with Gasteiger partial charge < -0.3 is 5.73 Å². The number of nitrogens with zero attached hydrogens (tertiary/aromatic N) is 2. The van der Waals surface area contributed by atoms with E-state index in [1.165, 1.54) is 0 Å². The normalized spacial score (nSPS) is 11.9. The zero-order chi connectivity index (χ0) is 13.8. The number of carbonyl (C=O) groups is 1. The molecule has 0 aliphatic heterocycles. The Hall–Kier alpha value is -2.36. The van der Waals surface area contributed by atoms with Crippen molar-refractivity contribution in [3.8, 4) is 0 Å². The molecule has 4 nitrogen and oxygen atoms in total. The maximum atomic E-state index is 12.4. The number of nitrogens with two attached hydrogens (primary N) is 1. The standard InChI is InChI=1S/C15H17N3O/c1-11(12-6-5-7-13(16)10-12)15(19)18(2)14-8-3-4-9-17-14/h3-11H,16H2,1-2H3. The van der Waals surface area contributed by atoms with E-state index in [0.29, 0.717) is 11.5 Å². The second kappa shape index (κ2) is 5.52. The van der Waals surface area contributed by atoms with E-state index in [2.05, 4.69) is 4.98 Å². The fraction of sp³-hybridized carbons (Fsp3) is 0.200. The molecule has 98 valence electrons. The smallest absolute Gasteiger partial charge is 0.235 e. The number of anilines is 2. The number of nitrogen functional groups attached to an aromatic ring is 1. The number of aromatic nitrogens is 1. The van der Waals surface area contributed by atoms with Crippen LogP contribution in [0.5, 0.6) is 0 Å². The molecule has 0 spiro atoms. The van der Waals surface area contributed by atoms with Gasteiger partial charge in [0.1, 0.15) is 5.82 Å². The number of benzene rings is 1. The molecule has 0 aliphatic rings. The van der Waals surface area contributed by atoms with E-state index in [0.717, 1.165) is 5.56 Å². The van der Waals surface area contributed by atoms with Crippen LogP contribution in [0.2, 0.25) is 0 Å². The molecule has 0 bridgehead atoms. The molecule has 4 heteroatoms. The summed E-state index contributed by atoms with van der Waals surface area (Å²) in [5.74, 6) is 0.378. The Morgan fingerprint density at radius 2 is 2.05 bits per heavy atom. The molecule has 0 aliphatic carbocycles. The molecular formula is C15H17N3O. The van der Waals surface area contributed by atoms with Gasteiger partial charge in [0, 0.05) is 18.9 Å². The Kier molecular flexibility index (Phi) is 3.80. The number of hydrogen-bond acceptors (Lipinski definition) is 3. The fourth-order valence-corrected chi connectivity index (χ4v) is 1.93. The first-order chi connectivity index (χ1) is 9.09. The van der Waals surface area contributed by atoms with E-state index >= 15 is 0 Å². The van der Waals surface area contributed by atoms with Gasteiger partial charge in [-0.15, -0.1) is 0 Å². The van der Waals surface area contributed by atoms with Crippen molar-refractivity contribution < 1.29 is 4.79 Å². The highest BCUT2D eigenvalue weighted by atomic mass is 16.2. The van der Waals surface area contributed by atoms with Gasteiger partial charge in [-0.25, -0.2) is 4.98 Å². The molecule has 19 heavy (non-hydrogen) atoms. The lowest BCUT2D eigenvalue weighted by atomic mass is 9.99. The van der Waals surface area contributed by atoms with Gasteiger partial charge in [-0.05, 0) is 36.8 Å². The maximum absolute atomic E-state index is 12.4. The average Bonchev–Trinajstić information content (AvgIpc) is 2.46. The van der Waals surface area contributed by atoms with Gasteiger partial charge in [-0.2, -0.15) is 0 Å². The summed E-state index contributed by atoms with van der Waals surface area (Å²) < 4.78 is 0. The van der Waals surface area contributed by atoms with Gasteiger partial charge in [0.05, 0.1) is 5.92 Å². The van der Waals surface area contributed by atoms with E-state index < -0.39 is 0 Å². The van der Waals surface area contributed by atoms with Gasteiger partial charge >= 0.3 is 0 Å². The zero-order valence-corrected chi connectivity index (χ0v) is 11.1. The molecule has 0 radical (unpaired) electrons. The third kappa shape index (κ3) is 2.91. The minimum Gasteiger partial charge on any atom is -0.399 e. The van der Waals surface area contributed by atoms with Crippen molar-refractivity contribution in [3.63, 3.8) is 0 Å². The Morgan fingerprint density at radius 3 is 2.68 bits per heavy atom. The van der Waals surface area contributed by atoms with Gasteiger partial charge in [-0.1, -0.05) is 18.2 Å². The Bertz CT molecular complexity index is 569. The van der Waals surface area contributed by atoms with Gasteiger partial charge in [-0.3, -0.25) is 9.69 Å². The minimum atomic E-state index is -0.254. The first-order valence-electron chi connectivity index (χ1n) is 6.13. The van der Waals surface area contributed by atoms with Crippen LogP contribution in [0, 0.1) is 0 Å².